The number of aromatic nitrogens is 2. The van der Waals surface area contributed by atoms with Crippen LogP contribution in [0.4, 0.5) is 0 Å². The molecule has 1 N–H and O–H groups in total. The Balaban J connectivity index is 0.00000448. The van der Waals surface area contributed by atoms with E-state index in [0.717, 1.165) is 70.6 Å². The first-order valence-corrected chi connectivity index (χ1v) is 18.2. The number of hydrogen-bond donors (Lipinski definition) is 1. The molecule has 5 aromatic carbocycles. The summed E-state index contributed by atoms with van der Waals surface area (Å²) in [6, 6.07) is 38.2. The van der Waals surface area contributed by atoms with Crippen LogP contribution in [0.25, 0.3) is 65.1 Å². The van der Waals surface area contributed by atoms with Crippen molar-refractivity contribution in [3.63, 3.8) is 0 Å². The second kappa shape index (κ2) is 13.5. The van der Waals surface area contributed by atoms with Crippen LogP contribution in [0.2, 0.25) is 0 Å². The summed E-state index contributed by atoms with van der Waals surface area (Å²) in [4.78, 5) is 10.2. The number of phenols is 1. The Morgan fingerprint density at radius 3 is 1.78 bits per heavy atom. The van der Waals surface area contributed by atoms with Gasteiger partial charge in [0.2, 0.25) is 0 Å². The van der Waals surface area contributed by atoms with Gasteiger partial charge in [-0.05, 0) is 68.2 Å². The molecule has 0 aliphatic carbocycles. The van der Waals surface area contributed by atoms with Gasteiger partial charge in [-0.2, -0.15) is 0 Å². The molecule has 2 aromatic heterocycles. The van der Waals surface area contributed by atoms with Crippen molar-refractivity contribution in [2.45, 2.75) is 78.6 Å². The quantitative estimate of drug-likeness (QED) is 0.179. The predicted octanol–water partition coefficient (Wildman–Crippen LogP) is 12.9. The maximum atomic E-state index is 11.1. The number of pyridine rings is 1. The fourth-order valence-corrected chi connectivity index (χ4v) is 7.50. The van der Waals surface area contributed by atoms with Gasteiger partial charge in [0.1, 0.15) is 10.8 Å². The monoisotopic (exact) mass is 868 g/mol. The van der Waals surface area contributed by atoms with Crippen LogP contribution in [0.15, 0.2) is 103 Å². The fourth-order valence-electron chi connectivity index (χ4n) is 6.44. The van der Waals surface area contributed by atoms with E-state index in [-0.39, 0.29) is 43.1 Å². The minimum absolute atomic E-state index is 0. The van der Waals surface area contributed by atoms with Gasteiger partial charge >= 0.3 is 0 Å². The molecule has 0 bridgehead atoms. The number of benzene rings is 5. The number of rotatable bonds is 4. The Kier molecular flexibility index (Phi) is 9.68. The third kappa shape index (κ3) is 7.32. The maximum absolute atomic E-state index is 11.1. The first kappa shape index (κ1) is 36.7. The van der Waals surface area contributed by atoms with Crippen LogP contribution in [-0.2, 0) is 37.3 Å². The van der Waals surface area contributed by atoms with Crippen molar-refractivity contribution in [2.75, 3.05) is 0 Å². The van der Waals surface area contributed by atoms with Gasteiger partial charge in [-0.15, -0.1) is 40.7 Å². The molecule has 0 aliphatic rings. The largest absolute Gasteiger partial charge is 0.507 e. The van der Waals surface area contributed by atoms with Crippen molar-refractivity contribution in [3.05, 3.63) is 126 Å². The van der Waals surface area contributed by atoms with E-state index in [9.17, 15) is 5.11 Å². The summed E-state index contributed by atoms with van der Waals surface area (Å²) in [5.74, 6) is 0.243. The van der Waals surface area contributed by atoms with Crippen LogP contribution in [-0.4, -0.2) is 15.1 Å². The Labute approximate surface area is 321 Å². The summed E-state index contributed by atoms with van der Waals surface area (Å²) in [6.07, 6.45) is 1.88. The van der Waals surface area contributed by atoms with Gasteiger partial charge < -0.3 is 5.11 Å². The molecule has 0 fully saturated rings. The second-order valence-electron chi connectivity index (χ2n) is 16.5. The molecule has 0 saturated heterocycles. The molecular weight excluding hydrogens is 824 g/mol. The first-order valence-electron chi connectivity index (χ1n) is 17.4. The summed E-state index contributed by atoms with van der Waals surface area (Å²) in [5, 5.41) is 13.0. The van der Waals surface area contributed by atoms with Crippen LogP contribution in [0, 0.1) is 6.07 Å². The van der Waals surface area contributed by atoms with E-state index in [1.807, 2.05) is 18.3 Å². The van der Waals surface area contributed by atoms with Gasteiger partial charge in [0.05, 0.1) is 11.1 Å². The van der Waals surface area contributed by atoms with Crippen LogP contribution in [0.5, 0.6) is 5.75 Å². The molecule has 7 aromatic rings. The molecule has 0 spiro atoms. The van der Waals surface area contributed by atoms with Crippen LogP contribution < -0.4 is 0 Å². The average Bonchev–Trinajstić information content (AvgIpc) is 3.50. The first-order chi connectivity index (χ1) is 23.6. The standard InChI is InChI=1S/C46H45N2OS.Pt/c1-44(2,3)33-17-18-39(49)38(24-33)43-48-42-37(26-35(46(7,8)9)27-40(42)50-43)32-21-30(28-14-11-10-12-15-28)20-31(22-32)36-25-34(45(4,5)6)23-29-16-13-19-47-41(29)36;/h10-21,23-27,49H,1-9H3;/q-1;. The Morgan fingerprint density at radius 1 is 0.569 bits per heavy atom. The Hall–Kier alpha value is -4.11. The molecule has 7 rings (SSSR count). The number of hydrogen-bond acceptors (Lipinski definition) is 4. The van der Waals surface area contributed by atoms with E-state index in [0.29, 0.717) is 0 Å². The summed E-state index contributed by atoms with van der Waals surface area (Å²) in [5.41, 5.74) is 12.4. The molecular formula is C46H45N2OPtS-. The molecule has 51 heavy (non-hydrogen) atoms. The van der Waals surface area contributed by atoms with Crippen LogP contribution in [0.3, 0.4) is 0 Å². The van der Waals surface area contributed by atoms with Crippen molar-refractivity contribution >= 4 is 32.5 Å². The van der Waals surface area contributed by atoms with Crippen molar-refractivity contribution in [2.24, 2.45) is 0 Å². The Bertz CT molecular complexity index is 2390. The minimum atomic E-state index is -0.0948. The second-order valence-corrected chi connectivity index (χ2v) is 17.6. The van der Waals surface area contributed by atoms with E-state index >= 15 is 0 Å². The normalized spacial score (nSPS) is 12.3. The molecule has 0 unspecified atom stereocenters. The number of nitrogens with zero attached hydrogens (tertiary/aromatic N) is 2. The number of phenolic OH excluding ortho intramolecular Hbond substituents is 1. The third-order valence-corrected chi connectivity index (χ3v) is 10.6. The molecule has 0 saturated carbocycles. The van der Waals surface area contributed by atoms with Gasteiger partial charge in [0.25, 0.3) is 0 Å². The molecule has 0 radical (unpaired) electrons. The maximum Gasteiger partial charge on any atom is 0.127 e. The Morgan fingerprint density at radius 2 is 1.16 bits per heavy atom. The van der Waals surface area contributed by atoms with E-state index in [1.165, 1.54) is 11.1 Å². The van der Waals surface area contributed by atoms with Gasteiger partial charge in [0.15, 0.2) is 0 Å². The molecule has 262 valence electrons. The molecule has 0 atom stereocenters. The van der Waals surface area contributed by atoms with E-state index in [2.05, 4.69) is 147 Å². The smallest absolute Gasteiger partial charge is 0.127 e. The predicted molar refractivity (Wildman–Crippen MR) is 213 cm³/mol. The van der Waals surface area contributed by atoms with Crippen molar-refractivity contribution < 1.29 is 26.2 Å². The van der Waals surface area contributed by atoms with Crippen LogP contribution in [0.1, 0.15) is 79.0 Å². The van der Waals surface area contributed by atoms with Crippen LogP contribution >= 0.6 is 11.3 Å². The molecule has 3 nitrogen and oxygen atoms in total. The van der Waals surface area contributed by atoms with Crippen molar-refractivity contribution in [3.8, 4) is 49.7 Å². The number of aromatic hydroxyl groups is 1. The van der Waals surface area contributed by atoms with E-state index in [4.69, 9.17) is 9.97 Å². The average molecular weight is 869 g/mol. The van der Waals surface area contributed by atoms with Gasteiger partial charge in [0, 0.05) is 37.5 Å². The SMILES string of the molecule is CC(C)(C)c1ccc(O)c(-c2nc3c(-c4[c-]c(-c5cc(C(C)(C)C)cc6cccnc56)cc(-c5ccccc5)c4)cc(C(C)(C)C)cc3s2)c1.[Pt]. The number of thiazole rings is 1. The molecule has 2 heterocycles. The van der Waals surface area contributed by atoms with Gasteiger partial charge in [-0.3, -0.25) is 4.98 Å². The van der Waals surface area contributed by atoms with Gasteiger partial charge in [-0.1, -0.05) is 140 Å². The van der Waals surface area contributed by atoms with E-state index in [1.54, 1.807) is 17.4 Å². The summed E-state index contributed by atoms with van der Waals surface area (Å²) in [6.45, 7) is 20.1. The topological polar surface area (TPSA) is 46.0 Å². The van der Waals surface area contributed by atoms with Gasteiger partial charge in [-0.25, -0.2) is 4.98 Å². The fraction of sp³-hybridized carbons (Fsp3) is 0.261. The zero-order chi connectivity index (χ0) is 35.6. The summed E-state index contributed by atoms with van der Waals surface area (Å²) >= 11 is 1.64. The van der Waals surface area contributed by atoms with Crippen molar-refractivity contribution in [1.82, 2.24) is 9.97 Å². The minimum Gasteiger partial charge on any atom is -0.507 e. The zero-order valence-corrected chi connectivity index (χ0v) is 34.0. The van der Waals surface area contributed by atoms with E-state index < -0.39 is 0 Å². The molecule has 0 aliphatic heterocycles. The zero-order valence-electron chi connectivity index (χ0n) is 30.9. The summed E-state index contributed by atoms with van der Waals surface area (Å²) in [7, 11) is 0. The molecule has 0 amide bonds. The van der Waals surface area contributed by atoms with Crippen molar-refractivity contribution in [1.29, 1.82) is 0 Å². The summed E-state index contributed by atoms with van der Waals surface area (Å²) < 4.78 is 1.09. The third-order valence-electron chi connectivity index (χ3n) is 9.58. The molecule has 5 heteroatoms. The number of fused-ring (bicyclic) bond motifs is 2.